The maximum absolute atomic E-state index is 12.5. The van der Waals surface area contributed by atoms with Gasteiger partial charge in [-0.05, 0) is 44.0 Å². The lowest BCUT2D eigenvalue weighted by molar-refractivity contribution is 0.102. The monoisotopic (exact) mass is 314 g/mol. The fourth-order valence-electron chi connectivity index (χ4n) is 2.86. The van der Waals surface area contributed by atoms with E-state index < -0.39 is 0 Å². The smallest absolute Gasteiger partial charge is 0.255 e. The molecule has 0 aliphatic carbocycles. The lowest BCUT2D eigenvalue weighted by Crippen LogP contribution is -2.21. The predicted octanol–water partition coefficient (Wildman–Crippen LogP) is 4.50. The van der Waals surface area contributed by atoms with Crippen molar-refractivity contribution < 1.29 is 4.79 Å². The Morgan fingerprint density at radius 2 is 1.86 bits per heavy atom. The molecule has 1 fully saturated rings. The van der Waals surface area contributed by atoms with Gasteiger partial charge in [-0.1, -0.05) is 35.4 Å². The van der Waals surface area contributed by atoms with Gasteiger partial charge in [0.05, 0.1) is 16.4 Å². The SMILES string of the molecule is Cc1cccc(C(=O)Nc2cccc(Cl)c2N2CCCC2)c1. The molecule has 2 aromatic carbocycles. The maximum Gasteiger partial charge on any atom is 0.255 e. The average molecular weight is 315 g/mol. The highest BCUT2D eigenvalue weighted by Crippen LogP contribution is 2.36. The molecule has 3 nitrogen and oxygen atoms in total. The molecular formula is C18H19ClN2O. The lowest BCUT2D eigenvalue weighted by Gasteiger charge is -2.23. The summed E-state index contributed by atoms with van der Waals surface area (Å²) in [5.74, 6) is -0.105. The second-order valence-electron chi connectivity index (χ2n) is 5.65. The van der Waals surface area contributed by atoms with Crippen molar-refractivity contribution in [2.24, 2.45) is 0 Å². The van der Waals surface area contributed by atoms with Crippen LogP contribution < -0.4 is 10.2 Å². The van der Waals surface area contributed by atoms with Crippen LogP contribution in [0.1, 0.15) is 28.8 Å². The minimum absolute atomic E-state index is 0.105. The van der Waals surface area contributed by atoms with E-state index in [1.165, 1.54) is 0 Å². The van der Waals surface area contributed by atoms with Crippen LogP contribution in [0.5, 0.6) is 0 Å². The summed E-state index contributed by atoms with van der Waals surface area (Å²) in [7, 11) is 0. The largest absolute Gasteiger partial charge is 0.369 e. The van der Waals surface area contributed by atoms with Gasteiger partial charge in [-0.25, -0.2) is 0 Å². The van der Waals surface area contributed by atoms with Crippen molar-refractivity contribution in [1.82, 2.24) is 0 Å². The first-order valence-electron chi connectivity index (χ1n) is 7.56. The Kier molecular flexibility index (Phi) is 4.34. The summed E-state index contributed by atoms with van der Waals surface area (Å²) in [4.78, 5) is 14.7. The number of rotatable bonds is 3. The summed E-state index contributed by atoms with van der Waals surface area (Å²) in [5.41, 5.74) is 3.44. The van der Waals surface area contributed by atoms with Gasteiger partial charge >= 0.3 is 0 Å². The van der Waals surface area contributed by atoms with Crippen molar-refractivity contribution in [3.8, 4) is 0 Å². The van der Waals surface area contributed by atoms with Crippen molar-refractivity contribution in [1.29, 1.82) is 0 Å². The van der Waals surface area contributed by atoms with Gasteiger partial charge in [-0.2, -0.15) is 0 Å². The Hall–Kier alpha value is -2.00. The number of amides is 1. The van der Waals surface area contributed by atoms with E-state index in [9.17, 15) is 4.79 Å². The maximum atomic E-state index is 12.5. The quantitative estimate of drug-likeness (QED) is 0.904. The molecular weight excluding hydrogens is 296 g/mol. The zero-order valence-corrected chi connectivity index (χ0v) is 13.4. The highest BCUT2D eigenvalue weighted by molar-refractivity contribution is 6.34. The molecule has 4 heteroatoms. The minimum Gasteiger partial charge on any atom is -0.369 e. The summed E-state index contributed by atoms with van der Waals surface area (Å²) < 4.78 is 0. The Bertz CT molecular complexity index is 693. The number of hydrogen-bond donors (Lipinski definition) is 1. The van der Waals surface area contributed by atoms with Gasteiger partial charge in [0.15, 0.2) is 0 Å². The van der Waals surface area contributed by atoms with Crippen LogP contribution in [0.4, 0.5) is 11.4 Å². The van der Waals surface area contributed by atoms with Crippen LogP contribution in [-0.4, -0.2) is 19.0 Å². The van der Waals surface area contributed by atoms with E-state index in [-0.39, 0.29) is 5.91 Å². The first kappa shape index (κ1) is 14.9. The number of benzene rings is 2. The minimum atomic E-state index is -0.105. The van der Waals surface area contributed by atoms with Crippen molar-refractivity contribution in [3.63, 3.8) is 0 Å². The Morgan fingerprint density at radius 3 is 2.59 bits per heavy atom. The topological polar surface area (TPSA) is 32.3 Å². The molecule has 1 saturated heterocycles. The van der Waals surface area contributed by atoms with Crippen molar-refractivity contribution in [3.05, 3.63) is 58.6 Å². The van der Waals surface area contributed by atoms with Crippen LogP contribution in [-0.2, 0) is 0 Å². The van der Waals surface area contributed by atoms with Crippen LogP contribution in [0.3, 0.4) is 0 Å². The molecule has 0 bridgehead atoms. The molecule has 1 heterocycles. The first-order valence-corrected chi connectivity index (χ1v) is 7.94. The van der Waals surface area contributed by atoms with Gasteiger partial charge in [-0.15, -0.1) is 0 Å². The standard InChI is InChI=1S/C18H19ClN2O/c1-13-6-4-7-14(12-13)18(22)20-16-9-5-8-15(19)17(16)21-10-2-3-11-21/h4-9,12H,2-3,10-11H2,1H3,(H,20,22). The van der Waals surface area contributed by atoms with E-state index in [1.807, 2.05) is 49.4 Å². The van der Waals surface area contributed by atoms with Gasteiger partial charge in [0.2, 0.25) is 0 Å². The van der Waals surface area contributed by atoms with E-state index in [1.54, 1.807) is 0 Å². The van der Waals surface area contributed by atoms with Gasteiger partial charge < -0.3 is 10.2 Å². The molecule has 0 aromatic heterocycles. The second-order valence-corrected chi connectivity index (χ2v) is 6.06. The van der Waals surface area contributed by atoms with Crippen molar-refractivity contribution >= 4 is 28.9 Å². The third-order valence-electron chi connectivity index (χ3n) is 3.94. The fraction of sp³-hybridized carbons (Fsp3) is 0.278. The normalized spacial score (nSPS) is 14.2. The number of nitrogens with one attached hydrogen (secondary N) is 1. The third-order valence-corrected chi connectivity index (χ3v) is 4.24. The number of hydrogen-bond acceptors (Lipinski definition) is 2. The lowest BCUT2D eigenvalue weighted by atomic mass is 10.1. The summed E-state index contributed by atoms with van der Waals surface area (Å²) in [6.07, 6.45) is 2.33. The van der Waals surface area contributed by atoms with Crippen LogP contribution in [0, 0.1) is 6.92 Å². The van der Waals surface area contributed by atoms with Crippen LogP contribution in [0.15, 0.2) is 42.5 Å². The molecule has 0 spiro atoms. The van der Waals surface area contributed by atoms with Gasteiger partial charge in [-0.3, -0.25) is 4.79 Å². The highest BCUT2D eigenvalue weighted by Gasteiger charge is 2.20. The molecule has 1 amide bonds. The van der Waals surface area contributed by atoms with Crippen molar-refractivity contribution in [2.75, 3.05) is 23.3 Å². The zero-order valence-electron chi connectivity index (χ0n) is 12.6. The molecule has 1 aliphatic heterocycles. The number of anilines is 2. The van der Waals surface area contributed by atoms with Crippen LogP contribution >= 0.6 is 11.6 Å². The molecule has 22 heavy (non-hydrogen) atoms. The molecule has 1 N–H and O–H groups in total. The summed E-state index contributed by atoms with van der Waals surface area (Å²) >= 11 is 6.37. The third kappa shape index (κ3) is 3.09. The zero-order chi connectivity index (χ0) is 15.5. The van der Waals surface area contributed by atoms with Crippen molar-refractivity contribution in [2.45, 2.75) is 19.8 Å². The molecule has 3 rings (SSSR count). The highest BCUT2D eigenvalue weighted by atomic mass is 35.5. The Labute approximate surface area is 135 Å². The molecule has 0 radical (unpaired) electrons. The molecule has 0 atom stereocenters. The van der Waals surface area contributed by atoms with Gasteiger partial charge in [0.1, 0.15) is 0 Å². The number of carbonyl (C=O) groups excluding carboxylic acids is 1. The van der Waals surface area contributed by atoms with E-state index in [4.69, 9.17) is 11.6 Å². The summed E-state index contributed by atoms with van der Waals surface area (Å²) in [6.45, 7) is 3.94. The number of halogens is 1. The summed E-state index contributed by atoms with van der Waals surface area (Å²) in [5, 5.41) is 3.69. The number of nitrogens with zero attached hydrogens (tertiary/aromatic N) is 1. The van der Waals surface area contributed by atoms with E-state index in [0.717, 1.165) is 42.9 Å². The first-order chi connectivity index (χ1) is 10.6. The second kappa shape index (κ2) is 6.41. The Balaban J connectivity index is 1.89. The average Bonchev–Trinajstić information content (AvgIpc) is 3.01. The van der Waals surface area contributed by atoms with Gasteiger partial charge in [0.25, 0.3) is 5.91 Å². The molecule has 2 aromatic rings. The molecule has 1 aliphatic rings. The molecule has 0 unspecified atom stereocenters. The van der Waals surface area contributed by atoms with E-state index in [0.29, 0.717) is 10.6 Å². The number of aryl methyl sites for hydroxylation is 1. The molecule has 0 saturated carbocycles. The van der Waals surface area contributed by atoms with Crippen LogP contribution in [0.2, 0.25) is 5.02 Å². The summed E-state index contributed by atoms with van der Waals surface area (Å²) in [6, 6.07) is 13.2. The predicted molar refractivity (Wildman–Crippen MR) is 92.0 cm³/mol. The fourth-order valence-corrected chi connectivity index (χ4v) is 3.15. The number of para-hydroxylation sites is 1. The van der Waals surface area contributed by atoms with E-state index in [2.05, 4.69) is 10.2 Å². The Morgan fingerprint density at radius 1 is 1.14 bits per heavy atom. The molecule has 114 valence electrons. The van der Waals surface area contributed by atoms with Crippen LogP contribution in [0.25, 0.3) is 0 Å². The van der Waals surface area contributed by atoms with Gasteiger partial charge in [0, 0.05) is 18.7 Å². The number of carbonyl (C=O) groups is 1. The van der Waals surface area contributed by atoms with E-state index >= 15 is 0 Å².